The highest BCUT2D eigenvalue weighted by Gasteiger charge is 2.36. The van der Waals surface area contributed by atoms with Gasteiger partial charge < -0.3 is 9.84 Å². The van der Waals surface area contributed by atoms with E-state index in [1.165, 1.54) is 0 Å². The number of ether oxygens (including phenoxy) is 1. The Hall–Kier alpha value is -3.76. The van der Waals surface area contributed by atoms with E-state index in [9.17, 15) is 18.3 Å². The van der Waals surface area contributed by atoms with Gasteiger partial charge in [0.1, 0.15) is 16.8 Å². The van der Waals surface area contributed by atoms with E-state index in [2.05, 4.69) is 17.2 Å². The van der Waals surface area contributed by atoms with E-state index in [0.717, 1.165) is 59.0 Å². The number of sulfonamides is 1. The topological polar surface area (TPSA) is 115 Å². The predicted molar refractivity (Wildman–Crippen MR) is 168 cm³/mol. The Balaban J connectivity index is 1.41. The van der Waals surface area contributed by atoms with E-state index in [1.54, 1.807) is 29.2 Å². The fourth-order valence-electron chi connectivity index (χ4n) is 7.41. The predicted octanol–water partition coefficient (Wildman–Crippen LogP) is 6.01. The summed E-state index contributed by atoms with van der Waals surface area (Å²) in [6.45, 7) is 4.78. The highest BCUT2D eigenvalue weighted by atomic mass is 32.2. The van der Waals surface area contributed by atoms with Gasteiger partial charge in [0.05, 0.1) is 18.4 Å². The Morgan fingerprint density at radius 1 is 1.09 bits per heavy atom. The molecule has 1 saturated carbocycles. The van der Waals surface area contributed by atoms with Crippen molar-refractivity contribution in [1.82, 2.24) is 19.3 Å². The number of carbonyl (C=O) groups is 1. The van der Waals surface area contributed by atoms with E-state index in [4.69, 9.17) is 4.74 Å². The summed E-state index contributed by atoms with van der Waals surface area (Å²) in [6, 6.07) is 17.1. The molecule has 1 aromatic heterocycles. The molecule has 2 bridgehead atoms. The van der Waals surface area contributed by atoms with Gasteiger partial charge in [-0.05, 0) is 96.4 Å². The van der Waals surface area contributed by atoms with Gasteiger partial charge in [0.25, 0.3) is 0 Å². The minimum atomic E-state index is -3.78. The lowest BCUT2D eigenvalue weighted by molar-refractivity contribution is -0.137. The Bertz CT molecular complexity index is 1820. The molecule has 3 aromatic carbocycles. The number of carboxylic acid groups (broad SMARTS) is 1. The van der Waals surface area contributed by atoms with Gasteiger partial charge in [0.2, 0.25) is 10.0 Å². The fraction of sp³-hybridized carbons (Fsp3) is 0.441. The number of nitrogens with zero attached hydrogens (tertiary/aromatic N) is 4. The average Bonchev–Trinajstić information content (AvgIpc) is 3.62. The number of fused-ring (bicyclic) bond motifs is 5. The van der Waals surface area contributed by atoms with Crippen molar-refractivity contribution in [3.05, 3.63) is 82.4 Å². The highest BCUT2D eigenvalue weighted by molar-refractivity contribution is 7.89. The second-order valence-corrected chi connectivity index (χ2v) is 14.6. The Kier molecular flexibility index (Phi) is 8.24. The van der Waals surface area contributed by atoms with Crippen LogP contribution in [0, 0.1) is 18.8 Å². The van der Waals surface area contributed by atoms with Gasteiger partial charge >= 0.3 is 5.97 Å². The summed E-state index contributed by atoms with van der Waals surface area (Å²) >= 11 is 0. The monoisotopic (exact) mass is 616 g/mol. The molecule has 2 heterocycles. The van der Waals surface area contributed by atoms with Gasteiger partial charge in [-0.2, -0.15) is 4.31 Å². The van der Waals surface area contributed by atoms with E-state index in [0.29, 0.717) is 28.6 Å². The lowest BCUT2D eigenvalue weighted by Crippen LogP contribution is -2.36. The maximum absolute atomic E-state index is 14.4. The lowest BCUT2D eigenvalue weighted by atomic mass is 9.86. The smallest absolute Gasteiger partial charge is 0.304 e. The van der Waals surface area contributed by atoms with Crippen LogP contribution in [0.15, 0.2) is 59.5 Å². The fourth-order valence-corrected chi connectivity index (χ4v) is 9.23. The summed E-state index contributed by atoms with van der Waals surface area (Å²) in [5.74, 6) is 0.216. The largest absolute Gasteiger partial charge is 0.494 e. The molecule has 1 aliphatic heterocycles. The molecule has 0 spiro atoms. The van der Waals surface area contributed by atoms with Crippen LogP contribution in [0.4, 0.5) is 0 Å². The number of aliphatic carboxylic acids is 1. The van der Waals surface area contributed by atoms with Crippen LogP contribution in [-0.2, 0) is 28.4 Å². The highest BCUT2D eigenvalue weighted by Crippen LogP contribution is 2.45. The molecule has 1 aliphatic carbocycles. The molecule has 44 heavy (non-hydrogen) atoms. The van der Waals surface area contributed by atoms with Crippen molar-refractivity contribution < 1.29 is 23.1 Å². The second kappa shape index (κ2) is 12.0. The summed E-state index contributed by atoms with van der Waals surface area (Å²) in [7, 11) is -0.432. The van der Waals surface area contributed by atoms with Crippen molar-refractivity contribution in [2.45, 2.75) is 69.2 Å². The summed E-state index contributed by atoms with van der Waals surface area (Å²) in [6.07, 6.45) is 4.08. The number of hydrogen-bond donors (Lipinski definition) is 1. The molecule has 10 heteroatoms. The Labute approximate surface area is 258 Å². The molecular formula is C34H40N4O5S. The number of hydrogen-bond acceptors (Lipinski definition) is 6. The van der Waals surface area contributed by atoms with Crippen molar-refractivity contribution in [3.8, 4) is 5.75 Å². The summed E-state index contributed by atoms with van der Waals surface area (Å²) < 4.78 is 37.7. The third kappa shape index (κ3) is 5.73. The lowest BCUT2D eigenvalue weighted by Gasteiger charge is -2.30. The Morgan fingerprint density at radius 2 is 1.89 bits per heavy atom. The van der Waals surface area contributed by atoms with Crippen LogP contribution in [0.3, 0.4) is 0 Å². The maximum Gasteiger partial charge on any atom is 0.304 e. The molecule has 4 atom stereocenters. The Morgan fingerprint density at radius 3 is 2.66 bits per heavy atom. The molecule has 1 fully saturated rings. The zero-order valence-electron chi connectivity index (χ0n) is 25.7. The third-order valence-electron chi connectivity index (χ3n) is 9.58. The summed E-state index contributed by atoms with van der Waals surface area (Å²) in [5, 5.41) is 18.3. The molecule has 1 N–H and O–H groups in total. The first-order chi connectivity index (χ1) is 21.0. The van der Waals surface area contributed by atoms with Gasteiger partial charge in [0, 0.05) is 26.1 Å². The number of carboxylic acids is 1. The van der Waals surface area contributed by atoms with Gasteiger partial charge in [-0.25, -0.2) is 13.1 Å². The van der Waals surface area contributed by atoms with Crippen LogP contribution in [-0.4, -0.2) is 52.4 Å². The second-order valence-electron chi connectivity index (χ2n) is 12.7. The maximum atomic E-state index is 14.4. The van der Waals surface area contributed by atoms with Crippen LogP contribution in [0.2, 0.25) is 0 Å². The van der Waals surface area contributed by atoms with E-state index in [-0.39, 0.29) is 24.8 Å². The summed E-state index contributed by atoms with van der Waals surface area (Å²) in [4.78, 5) is 12.5. The minimum Gasteiger partial charge on any atom is -0.494 e. The molecule has 0 saturated heterocycles. The average molecular weight is 617 g/mol. The molecule has 6 rings (SSSR count). The molecular weight excluding hydrogens is 576 g/mol. The zero-order chi connectivity index (χ0) is 31.2. The molecule has 0 radical (unpaired) electrons. The number of aryl methyl sites for hydroxylation is 2. The number of benzene rings is 3. The van der Waals surface area contributed by atoms with Crippen LogP contribution in [0.25, 0.3) is 11.0 Å². The van der Waals surface area contributed by atoms with Crippen LogP contribution in [0.1, 0.15) is 78.7 Å². The van der Waals surface area contributed by atoms with Crippen molar-refractivity contribution >= 4 is 27.0 Å². The quantitative estimate of drug-likeness (QED) is 0.271. The molecule has 4 unspecified atom stereocenters. The number of aromatic nitrogens is 3. The number of methoxy groups -OCH3 is 1. The van der Waals surface area contributed by atoms with Gasteiger partial charge in [-0.1, -0.05) is 48.5 Å². The van der Waals surface area contributed by atoms with Gasteiger partial charge in [-0.3, -0.25) is 4.79 Å². The first-order valence-electron chi connectivity index (χ1n) is 15.3. The standard InChI is InChI=1S/C34H40N4O5S/c1-21-13-23-10-12-24(14-23)28-7-5-6-8-32(28)44(41,42)38(19-21)20-27-15-25(11-9-22(27)2)29(18-33(39)40)26-16-30-34(31(17-26)43-4)37(3)36-35-30/h5-9,11,15-17,21,23-24,29H,10,12-14,18-20H2,1-4H3,(H,39,40). The molecule has 2 aliphatic rings. The minimum absolute atomic E-state index is 0.146. The van der Waals surface area contributed by atoms with E-state index in [1.807, 2.05) is 55.5 Å². The van der Waals surface area contributed by atoms with E-state index < -0.39 is 21.9 Å². The number of rotatable bonds is 7. The van der Waals surface area contributed by atoms with Crippen molar-refractivity contribution in [1.29, 1.82) is 0 Å². The van der Waals surface area contributed by atoms with Gasteiger partial charge in [-0.15, -0.1) is 5.10 Å². The van der Waals surface area contributed by atoms with Crippen LogP contribution < -0.4 is 4.74 Å². The summed E-state index contributed by atoms with van der Waals surface area (Å²) in [5.41, 5.74) is 5.64. The first-order valence-corrected chi connectivity index (χ1v) is 16.8. The SMILES string of the molecule is COc1cc(C(CC(=O)O)c2ccc(C)c(CN3CC(C)CC4CCC(C4)c4ccccc4S3(=O)=O)c2)cc2nnn(C)c12. The van der Waals surface area contributed by atoms with Crippen molar-refractivity contribution in [2.75, 3.05) is 13.7 Å². The molecule has 232 valence electrons. The van der Waals surface area contributed by atoms with Crippen LogP contribution in [0.5, 0.6) is 5.75 Å². The van der Waals surface area contributed by atoms with Crippen LogP contribution >= 0.6 is 0 Å². The van der Waals surface area contributed by atoms with E-state index >= 15 is 0 Å². The van der Waals surface area contributed by atoms with Crippen molar-refractivity contribution in [2.24, 2.45) is 18.9 Å². The third-order valence-corrected chi connectivity index (χ3v) is 11.5. The van der Waals surface area contributed by atoms with Gasteiger partial charge in [0.15, 0.2) is 0 Å². The molecule has 4 aromatic rings. The van der Waals surface area contributed by atoms with Crippen molar-refractivity contribution in [3.63, 3.8) is 0 Å². The molecule has 0 amide bonds. The first kappa shape index (κ1) is 30.3. The molecule has 9 nitrogen and oxygen atoms in total. The normalized spacial score (nSPS) is 22.4. The zero-order valence-corrected chi connectivity index (χ0v) is 26.5.